The number of likely N-dealkylation sites (N-methyl/N-ethyl adjacent to an activating group) is 1. The number of piperazine rings is 1. The number of likely N-dealkylation sites (tertiary alicyclic amines) is 1. The first-order valence-electron chi connectivity index (χ1n) is 8.94. The number of hydrogen-bond donors (Lipinski definition) is 1. The molecule has 0 spiro atoms. The van der Waals surface area contributed by atoms with E-state index in [1.54, 1.807) is 0 Å². The number of hydrogen-bond acceptors (Lipinski definition) is 3. The SMILES string of the molecule is CN1CC[C@H](NC(=O)N2CCN(Cc3ccc(C(F)(F)F)cc3)CC2)C1. The first-order valence-corrected chi connectivity index (χ1v) is 8.94. The molecule has 0 bridgehead atoms. The van der Waals surface area contributed by atoms with E-state index in [2.05, 4.69) is 15.1 Å². The monoisotopic (exact) mass is 370 g/mol. The Kier molecular flexibility index (Phi) is 5.72. The van der Waals surface area contributed by atoms with Gasteiger partial charge in [0.1, 0.15) is 0 Å². The molecule has 2 saturated heterocycles. The van der Waals surface area contributed by atoms with E-state index in [1.807, 2.05) is 11.9 Å². The summed E-state index contributed by atoms with van der Waals surface area (Å²) >= 11 is 0. The van der Waals surface area contributed by atoms with Crippen molar-refractivity contribution in [3.63, 3.8) is 0 Å². The molecule has 2 heterocycles. The van der Waals surface area contributed by atoms with Crippen molar-refractivity contribution in [3.8, 4) is 0 Å². The van der Waals surface area contributed by atoms with Crippen LogP contribution in [0.1, 0.15) is 17.5 Å². The lowest BCUT2D eigenvalue weighted by molar-refractivity contribution is -0.137. The Morgan fingerprint density at radius 2 is 1.77 bits per heavy atom. The minimum atomic E-state index is -4.30. The molecule has 2 fully saturated rings. The maximum absolute atomic E-state index is 12.6. The molecular formula is C18H25F3N4O. The Labute approximate surface area is 151 Å². The predicted molar refractivity (Wildman–Crippen MR) is 92.7 cm³/mol. The molecule has 0 unspecified atom stereocenters. The van der Waals surface area contributed by atoms with Crippen LogP contribution in [0.4, 0.5) is 18.0 Å². The minimum Gasteiger partial charge on any atom is -0.334 e. The molecule has 0 saturated carbocycles. The van der Waals surface area contributed by atoms with E-state index in [9.17, 15) is 18.0 Å². The maximum atomic E-state index is 12.6. The standard InChI is InChI=1S/C18H25F3N4O/c1-23-7-6-16(13-23)22-17(26)25-10-8-24(9-11-25)12-14-2-4-15(5-3-14)18(19,20)21/h2-5,16H,6-13H2,1H3,(H,22,26)/t16-/m0/s1. The van der Waals surface area contributed by atoms with Crippen LogP contribution in [0.15, 0.2) is 24.3 Å². The normalized spacial score (nSPS) is 22.6. The van der Waals surface area contributed by atoms with Gasteiger partial charge in [-0.15, -0.1) is 0 Å². The molecule has 5 nitrogen and oxygen atoms in total. The summed E-state index contributed by atoms with van der Waals surface area (Å²) in [6, 6.07) is 5.50. The number of halogens is 3. The quantitative estimate of drug-likeness (QED) is 0.887. The average Bonchev–Trinajstić information content (AvgIpc) is 3.00. The van der Waals surface area contributed by atoms with E-state index in [-0.39, 0.29) is 12.1 Å². The third-order valence-electron chi connectivity index (χ3n) is 5.07. The molecule has 1 atom stereocenters. The summed E-state index contributed by atoms with van der Waals surface area (Å²) in [5.41, 5.74) is 0.227. The van der Waals surface area contributed by atoms with Crippen LogP contribution in [0.5, 0.6) is 0 Å². The van der Waals surface area contributed by atoms with E-state index in [1.165, 1.54) is 12.1 Å². The van der Waals surface area contributed by atoms with Gasteiger partial charge in [0, 0.05) is 45.3 Å². The van der Waals surface area contributed by atoms with Gasteiger partial charge in [-0.3, -0.25) is 4.90 Å². The second-order valence-corrected chi connectivity index (χ2v) is 7.16. The van der Waals surface area contributed by atoms with E-state index >= 15 is 0 Å². The van der Waals surface area contributed by atoms with Crippen LogP contribution in [-0.2, 0) is 12.7 Å². The van der Waals surface area contributed by atoms with Crippen molar-refractivity contribution in [2.45, 2.75) is 25.2 Å². The molecule has 0 aliphatic carbocycles. The van der Waals surface area contributed by atoms with Gasteiger partial charge in [-0.1, -0.05) is 12.1 Å². The highest BCUT2D eigenvalue weighted by Gasteiger charge is 2.30. The maximum Gasteiger partial charge on any atom is 0.416 e. The Morgan fingerprint density at radius 1 is 1.12 bits per heavy atom. The summed E-state index contributed by atoms with van der Waals surface area (Å²) in [7, 11) is 2.05. The molecule has 26 heavy (non-hydrogen) atoms. The van der Waals surface area contributed by atoms with Gasteiger partial charge in [-0.05, 0) is 37.7 Å². The van der Waals surface area contributed by atoms with E-state index in [4.69, 9.17) is 0 Å². The van der Waals surface area contributed by atoms with Crippen molar-refractivity contribution in [1.29, 1.82) is 0 Å². The highest BCUT2D eigenvalue weighted by Crippen LogP contribution is 2.29. The van der Waals surface area contributed by atoms with Crippen LogP contribution in [0.3, 0.4) is 0 Å². The molecule has 2 amide bonds. The van der Waals surface area contributed by atoms with Crippen LogP contribution >= 0.6 is 0 Å². The first-order chi connectivity index (χ1) is 12.3. The lowest BCUT2D eigenvalue weighted by Gasteiger charge is -2.35. The van der Waals surface area contributed by atoms with Crippen LogP contribution in [0.25, 0.3) is 0 Å². The summed E-state index contributed by atoms with van der Waals surface area (Å²) in [5.74, 6) is 0. The zero-order chi connectivity index (χ0) is 18.7. The third kappa shape index (κ3) is 4.88. The summed E-state index contributed by atoms with van der Waals surface area (Å²) in [6.07, 6.45) is -3.32. The zero-order valence-electron chi connectivity index (χ0n) is 14.9. The van der Waals surface area contributed by atoms with Crippen LogP contribution in [0.2, 0.25) is 0 Å². The van der Waals surface area contributed by atoms with Crippen LogP contribution in [0, 0.1) is 0 Å². The fourth-order valence-electron chi connectivity index (χ4n) is 3.49. The predicted octanol–water partition coefficient (Wildman–Crippen LogP) is 2.24. The van der Waals surface area contributed by atoms with Gasteiger partial charge >= 0.3 is 12.2 Å². The Morgan fingerprint density at radius 3 is 2.31 bits per heavy atom. The molecule has 3 rings (SSSR count). The van der Waals surface area contributed by atoms with Gasteiger partial charge in [0.05, 0.1) is 5.56 Å². The van der Waals surface area contributed by atoms with Crippen molar-refractivity contribution >= 4 is 6.03 Å². The largest absolute Gasteiger partial charge is 0.416 e. The number of alkyl halides is 3. The third-order valence-corrected chi connectivity index (χ3v) is 5.07. The Hall–Kier alpha value is -1.80. The van der Waals surface area contributed by atoms with Crippen molar-refractivity contribution in [2.75, 3.05) is 46.3 Å². The lowest BCUT2D eigenvalue weighted by Crippen LogP contribution is -2.53. The van der Waals surface area contributed by atoms with Gasteiger partial charge in [0.2, 0.25) is 0 Å². The fraction of sp³-hybridized carbons (Fsp3) is 0.611. The summed E-state index contributed by atoms with van der Waals surface area (Å²) in [4.78, 5) is 18.5. The summed E-state index contributed by atoms with van der Waals surface area (Å²) in [6.45, 7) is 5.20. The van der Waals surface area contributed by atoms with E-state index < -0.39 is 11.7 Å². The van der Waals surface area contributed by atoms with Gasteiger partial charge in [0.15, 0.2) is 0 Å². The molecule has 0 radical (unpaired) electrons. The summed E-state index contributed by atoms with van der Waals surface area (Å²) in [5, 5.41) is 3.08. The van der Waals surface area contributed by atoms with Crippen molar-refractivity contribution in [3.05, 3.63) is 35.4 Å². The number of carbonyl (C=O) groups is 1. The van der Waals surface area contributed by atoms with Gasteiger partial charge in [-0.2, -0.15) is 13.2 Å². The van der Waals surface area contributed by atoms with E-state index in [0.29, 0.717) is 19.6 Å². The minimum absolute atomic E-state index is 0.0144. The molecule has 2 aliphatic rings. The molecule has 1 N–H and O–H groups in total. The number of nitrogens with one attached hydrogen (secondary N) is 1. The molecule has 1 aromatic carbocycles. The average molecular weight is 370 g/mol. The Bertz CT molecular complexity index is 612. The molecule has 8 heteroatoms. The van der Waals surface area contributed by atoms with Gasteiger partial charge in [-0.25, -0.2) is 4.79 Å². The number of amides is 2. The fourth-order valence-corrected chi connectivity index (χ4v) is 3.49. The van der Waals surface area contributed by atoms with E-state index in [0.717, 1.165) is 50.3 Å². The number of benzene rings is 1. The topological polar surface area (TPSA) is 38.8 Å². The zero-order valence-corrected chi connectivity index (χ0v) is 14.9. The highest BCUT2D eigenvalue weighted by molar-refractivity contribution is 5.74. The van der Waals surface area contributed by atoms with Crippen molar-refractivity contribution < 1.29 is 18.0 Å². The smallest absolute Gasteiger partial charge is 0.334 e. The second kappa shape index (κ2) is 7.84. The Balaban J connectivity index is 1.44. The van der Waals surface area contributed by atoms with Gasteiger partial charge in [0.25, 0.3) is 0 Å². The van der Waals surface area contributed by atoms with Crippen LogP contribution < -0.4 is 5.32 Å². The highest BCUT2D eigenvalue weighted by atomic mass is 19.4. The number of carbonyl (C=O) groups excluding carboxylic acids is 1. The molecular weight excluding hydrogens is 345 g/mol. The van der Waals surface area contributed by atoms with Crippen molar-refractivity contribution in [1.82, 2.24) is 20.0 Å². The number of nitrogens with zero attached hydrogens (tertiary/aromatic N) is 3. The summed E-state index contributed by atoms with van der Waals surface area (Å²) < 4.78 is 37.8. The number of rotatable bonds is 3. The van der Waals surface area contributed by atoms with Crippen LogP contribution in [-0.4, -0.2) is 73.1 Å². The molecule has 144 valence electrons. The lowest BCUT2D eigenvalue weighted by atomic mass is 10.1. The molecule has 0 aromatic heterocycles. The number of urea groups is 1. The van der Waals surface area contributed by atoms with Gasteiger partial charge < -0.3 is 15.1 Å². The second-order valence-electron chi connectivity index (χ2n) is 7.16. The molecule has 1 aromatic rings. The molecule has 2 aliphatic heterocycles. The van der Waals surface area contributed by atoms with Crippen molar-refractivity contribution in [2.24, 2.45) is 0 Å². The first kappa shape index (κ1) is 19.0.